The van der Waals surface area contributed by atoms with Crippen molar-refractivity contribution in [1.29, 1.82) is 0 Å². The maximum Gasteiger partial charge on any atom is 0.316 e. The highest BCUT2D eigenvalue weighted by Crippen LogP contribution is 2.26. The minimum Gasteiger partial charge on any atom is -0.481 e. The largest absolute Gasteiger partial charge is 0.481 e. The van der Waals surface area contributed by atoms with E-state index in [0.717, 1.165) is 0 Å². The van der Waals surface area contributed by atoms with Gasteiger partial charge in [0.25, 0.3) is 0 Å². The molecule has 0 bridgehead atoms. The molecule has 0 spiro atoms. The van der Waals surface area contributed by atoms with Crippen LogP contribution < -0.4 is 0 Å². The summed E-state index contributed by atoms with van der Waals surface area (Å²) < 4.78 is 0. The van der Waals surface area contributed by atoms with Crippen molar-refractivity contribution in [1.82, 2.24) is 0 Å². The Bertz CT molecular complexity index is 196. The van der Waals surface area contributed by atoms with Crippen LogP contribution in [0.4, 0.5) is 0 Å². The van der Waals surface area contributed by atoms with Crippen LogP contribution in [0, 0.1) is 11.3 Å². The summed E-state index contributed by atoms with van der Waals surface area (Å²) in [5.74, 6) is -1.44. The predicted molar refractivity (Wildman–Crippen MR) is 45.9 cm³/mol. The normalized spacial score (nSPS) is 15.8. The van der Waals surface area contributed by atoms with Crippen LogP contribution in [0.15, 0.2) is 0 Å². The molecule has 0 aromatic heterocycles. The lowest BCUT2D eigenvalue weighted by molar-refractivity contribution is -0.155. The lowest BCUT2D eigenvalue weighted by atomic mass is 9.78. The Morgan fingerprint density at radius 3 is 1.92 bits per heavy atom. The standard InChI is InChI=1S/C9H16O3/c1-5-9(4,8(11)12)7(10)6(2)3/h6H,5H2,1-4H3,(H,11,12). The Balaban J connectivity index is 4.76. The number of carbonyl (C=O) groups is 2. The van der Waals surface area contributed by atoms with Crippen LogP contribution in [0.1, 0.15) is 34.1 Å². The van der Waals surface area contributed by atoms with Crippen LogP contribution in [0.25, 0.3) is 0 Å². The smallest absolute Gasteiger partial charge is 0.316 e. The maximum atomic E-state index is 11.5. The number of carboxylic acids is 1. The molecule has 70 valence electrons. The molecular formula is C9H16O3. The highest BCUT2D eigenvalue weighted by Gasteiger charge is 2.40. The number of aliphatic carboxylic acids is 1. The fourth-order valence-electron chi connectivity index (χ4n) is 1.07. The minimum atomic E-state index is -1.20. The summed E-state index contributed by atoms with van der Waals surface area (Å²) in [6.07, 6.45) is 0.347. The van der Waals surface area contributed by atoms with E-state index in [2.05, 4.69) is 0 Å². The molecule has 0 saturated carbocycles. The molecule has 1 atom stereocenters. The van der Waals surface area contributed by atoms with Gasteiger partial charge in [0.05, 0.1) is 0 Å². The summed E-state index contributed by atoms with van der Waals surface area (Å²) in [4.78, 5) is 22.2. The molecule has 12 heavy (non-hydrogen) atoms. The number of hydrogen-bond acceptors (Lipinski definition) is 2. The molecule has 0 aliphatic heterocycles. The summed E-state index contributed by atoms with van der Waals surface area (Å²) in [6, 6.07) is 0. The molecule has 0 amide bonds. The van der Waals surface area contributed by atoms with Gasteiger partial charge in [-0.1, -0.05) is 20.8 Å². The molecule has 0 aromatic rings. The fraction of sp³-hybridized carbons (Fsp3) is 0.778. The first-order valence-corrected chi connectivity index (χ1v) is 4.14. The number of rotatable bonds is 4. The van der Waals surface area contributed by atoms with Gasteiger partial charge in [0.2, 0.25) is 0 Å². The molecule has 0 radical (unpaired) electrons. The SMILES string of the molecule is CCC(C)(C(=O)O)C(=O)C(C)C. The van der Waals surface area contributed by atoms with Gasteiger partial charge in [-0.15, -0.1) is 0 Å². The first-order valence-electron chi connectivity index (χ1n) is 4.14. The van der Waals surface area contributed by atoms with Crippen molar-refractivity contribution in [2.75, 3.05) is 0 Å². The Morgan fingerprint density at radius 2 is 1.83 bits per heavy atom. The number of carbonyl (C=O) groups excluding carboxylic acids is 1. The summed E-state index contributed by atoms with van der Waals surface area (Å²) in [5.41, 5.74) is -1.20. The Kier molecular flexibility index (Phi) is 3.43. The monoisotopic (exact) mass is 172 g/mol. The van der Waals surface area contributed by atoms with Gasteiger partial charge in [0.1, 0.15) is 5.41 Å². The molecule has 3 nitrogen and oxygen atoms in total. The number of ketones is 1. The van der Waals surface area contributed by atoms with Gasteiger partial charge in [-0.25, -0.2) is 0 Å². The molecule has 0 heterocycles. The zero-order chi connectivity index (χ0) is 9.94. The summed E-state index contributed by atoms with van der Waals surface area (Å²) >= 11 is 0. The third-order valence-corrected chi connectivity index (χ3v) is 2.25. The summed E-state index contributed by atoms with van der Waals surface area (Å²) in [6.45, 7) is 6.64. The molecule has 0 aliphatic carbocycles. The maximum absolute atomic E-state index is 11.5. The summed E-state index contributed by atoms with van der Waals surface area (Å²) in [7, 11) is 0. The zero-order valence-electron chi connectivity index (χ0n) is 8.05. The van der Waals surface area contributed by atoms with Crippen LogP contribution in [-0.2, 0) is 9.59 Å². The van der Waals surface area contributed by atoms with Crippen LogP contribution in [-0.4, -0.2) is 16.9 Å². The van der Waals surface area contributed by atoms with Crippen molar-refractivity contribution >= 4 is 11.8 Å². The highest BCUT2D eigenvalue weighted by atomic mass is 16.4. The van der Waals surface area contributed by atoms with E-state index in [-0.39, 0.29) is 11.7 Å². The van der Waals surface area contributed by atoms with Crippen molar-refractivity contribution in [3.05, 3.63) is 0 Å². The van der Waals surface area contributed by atoms with Crippen LogP contribution in [0.2, 0.25) is 0 Å². The molecule has 0 saturated heterocycles. The van der Waals surface area contributed by atoms with Crippen molar-refractivity contribution in [2.45, 2.75) is 34.1 Å². The first kappa shape index (κ1) is 11.1. The molecule has 1 N–H and O–H groups in total. The predicted octanol–water partition coefficient (Wildman–Crippen LogP) is 1.71. The zero-order valence-corrected chi connectivity index (χ0v) is 8.05. The first-order chi connectivity index (χ1) is 5.36. The Morgan fingerprint density at radius 1 is 1.42 bits per heavy atom. The minimum absolute atomic E-state index is 0.197. The van der Waals surface area contributed by atoms with E-state index in [9.17, 15) is 9.59 Å². The van der Waals surface area contributed by atoms with Crippen LogP contribution in [0.5, 0.6) is 0 Å². The molecule has 0 rings (SSSR count). The van der Waals surface area contributed by atoms with E-state index < -0.39 is 11.4 Å². The quantitative estimate of drug-likeness (QED) is 0.657. The molecule has 0 aliphatic rings. The van der Waals surface area contributed by atoms with Crippen molar-refractivity contribution in [3.8, 4) is 0 Å². The Labute approximate surface area is 72.8 Å². The van der Waals surface area contributed by atoms with Gasteiger partial charge in [-0.3, -0.25) is 9.59 Å². The summed E-state index contributed by atoms with van der Waals surface area (Å²) in [5, 5.41) is 8.83. The van der Waals surface area contributed by atoms with Crippen molar-refractivity contribution < 1.29 is 14.7 Å². The second-order valence-electron chi connectivity index (χ2n) is 3.51. The van der Waals surface area contributed by atoms with E-state index >= 15 is 0 Å². The Hall–Kier alpha value is -0.860. The van der Waals surface area contributed by atoms with E-state index in [1.165, 1.54) is 6.92 Å². The molecule has 0 aromatic carbocycles. The molecular weight excluding hydrogens is 156 g/mol. The second kappa shape index (κ2) is 3.70. The number of carboxylic acid groups (broad SMARTS) is 1. The van der Waals surface area contributed by atoms with Gasteiger partial charge >= 0.3 is 5.97 Å². The van der Waals surface area contributed by atoms with E-state index in [4.69, 9.17) is 5.11 Å². The highest BCUT2D eigenvalue weighted by molar-refractivity contribution is 6.03. The topological polar surface area (TPSA) is 54.4 Å². The lowest BCUT2D eigenvalue weighted by Gasteiger charge is -2.23. The van der Waals surface area contributed by atoms with Crippen molar-refractivity contribution in [3.63, 3.8) is 0 Å². The molecule has 0 fully saturated rings. The average molecular weight is 172 g/mol. The average Bonchev–Trinajstić information content (AvgIpc) is 2.01. The van der Waals surface area contributed by atoms with Gasteiger partial charge in [-0.2, -0.15) is 0 Å². The van der Waals surface area contributed by atoms with Crippen molar-refractivity contribution in [2.24, 2.45) is 11.3 Å². The van der Waals surface area contributed by atoms with Crippen LogP contribution in [0.3, 0.4) is 0 Å². The number of Topliss-reactive ketones (excluding diaryl/α,β-unsaturated/α-hetero) is 1. The van der Waals surface area contributed by atoms with E-state index in [1.807, 2.05) is 0 Å². The van der Waals surface area contributed by atoms with Gasteiger partial charge < -0.3 is 5.11 Å². The molecule has 1 unspecified atom stereocenters. The van der Waals surface area contributed by atoms with Gasteiger partial charge in [0.15, 0.2) is 5.78 Å². The van der Waals surface area contributed by atoms with Gasteiger partial charge in [-0.05, 0) is 13.3 Å². The van der Waals surface area contributed by atoms with E-state index in [1.54, 1.807) is 20.8 Å². The van der Waals surface area contributed by atoms with Crippen LogP contribution >= 0.6 is 0 Å². The fourth-order valence-corrected chi connectivity index (χ4v) is 1.07. The lowest BCUT2D eigenvalue weighted by Crippen LogP contribution is -2.38. The third kappa shape index (κ3) is 1.84. The van der Waals surface area contributed by atoms with Gasteiger partial charge in [0, 0.05) is 5.92 Å². The molecule has 3 heteroatoms. The second-order valence-corrected chi connectivity index (χ2v) is 3.51. The van der Waals surface area contributed by atoms with E-state index in [0.29, 0.717) is 6.42 Å². The number of hydrogen-bond donors (Lipinski definition) is 1. The third-order valence-electron chi connectivity index (χ3n) is 2.25.